The third-order valence-electron chi connectivity index (χ3n) is 3.93. The van der Waals surface area contributed by atoms with E-state index in [-0.39, 0.29) is 11.7 Å². The summed E-state index contributed by atoms with van der Waals surface area (Å²) in [4.78, 5) is 13.1. The Balaban J connectivity index is 1.37. The number of hydrogen-bond donors (Lipinski definition) is 1. The highest BCUT2D eigenvalue weighted by Crippen LogP contribution is 2.26. The smallest absolute Gasteiger partial charge is 0.291 e. The van der Waals surface area contributed by atoms with Crippen molar-refractivity contribution in [2.45, 2.75) is 0 Å². The van der Waals surface area contributed by atoms with Gasteiger partial charge in [0.2, 0.25) is 4.96 Å². The maximum atomic E-state index is 12.4. The van der Waals surface area contributed by atoms with Crippen LogP contribution >= 0.6 is 11.3 Å². The third-order valence-corrected chi connectivity index (χ3v) is 4.89. The number of rotatable bonds is 3. The molecule has 3 heterocycles. The molecular formula is C18H11N5O2S. The minimum Gasteiger partial charge on any atom is -0.451 e. The van der Waals surface area contributed by atoms with Crippen LogP contribution in [0.2, 0.25) is 0 Å². The summed E-state index contributed by atoms with van der Waals surface area (Å²) >= 11 is 1.45. The second-order valence-electron chi connectivity index (χ2n) is 5.65. The molecule has 126 valence electrons. The predicted molar refractivity (Wildman–Crippen MR) is 98.3 cm³/mol. The molecule has 0 aliphatic heterocycles. The topological polar surface area (TPSA) is 85.3 Å². The Morgan fingerprint density at radius 1 is 1.12 bits per heavy atom. The number of amides is 1. The number of benzene rings is 2. The number of anilines is 1. The Hall–Kier alpha value is -3.52. The third kappa shape index (κ3) is 2.52. The molecule has 0 unspecified atom stereocenters. The molecule has 0 radical (unpaired) electrons. The van der Waals surface area contributed by atoms with E-state index in [2.05, 4.69) is 20.6 Å². The number of fused-ring (bicyclic) bond motifs is 2. The molecule has 8 heteroatoms. The molecule has 5 rings (SSSR count). The first-order chi connectivity index (χ1) is 12.8. The summed E-state index contributed by atoms with van der Waals surface area (Å²) in [7, 11) is 0. The summed E-state index contributed by atoms with van der Waals surface area (Å²) in [5.74, 6) is -0.00309. The molecule has 1 amide bonds. The summed E-state index contributed by atoms with van der Waals surface area (Å²) < 4.78 is 7.22. The first-order valence-electron chi connectivity index (χ1n) is 7.83. The highest BCUT2D eigenvalue weighted by atomic mass is 32.1. The first kappa shape index (κ1) is 14.8. The predicted octanol–water partition coefficient (Wildman–Crippen LogP) is 3.85. The van der Waals surface area contributed by atoms with E-state index >= 15 is 0 Å². The summed E-state index contributed by atoms with van der Waals surface area (Å²) in [5.41, 5.74) is 2.32. The minimum atomic E-state index is -0.284. The molecule has 0 saturated heterocycles. The Morgan fingerprint density at radius 2 is 1.96 bits per heavy atom. The zero-order chi connectivity index (χ0) is 17.5. The van der Waals surface area contributed by atoms with Gasteiger partial charge in [-0.2, -0.15) is 9.61 Å². The number of carbonyl (C=O) groups excluding carboxylic acids is 1. The molecule has 0 atom stereocenters. The van der Waals surface area contributed by atoms with Gasteiger partial charge in [0.1, 0.15) is 16.9 Å². The number of furan rings is 1. The van der Waals surface area contributed by atoms with Crippen molar-refractivity contribution in [3.63, 3.8) is 0 Å². The number of hydrogen-bond acceptors (Lipinski definition) is 6. The van der Waals surface area contributed by atoms with Crippen LogP contribution in [0.1, 0.15) is 10.6 Å². The van der Waals surface area contributed by atoms with Crippen LogP contribution in [-0.2, 0) is 0 Å². The monoisotopic (exact) mass is 361 g/mol. The summed E-state index contributed by atoms with van der Waals surface area (Å²) in [6, 6.07) is 16.7. The van der Waals surface area contributed by atoms with Gasteiger partial charge in [0, 0.05) is 16.6 Å². The van der Waals surface area contributed by atoms with Crippen LogP contribution in [0.3, 0.4) is 0 Å². The van der Waals surface area contributed by atoms with Crippen molar-refractivity contribution >= 4 is 38.9 Å². The van der Waals surface area contributed by atoms with Crippen LogP contribution in [0.15, 0.2) is 65.3 Å². The van der Waals surface area contributed by atoms with Crippen LogP contribution in [0.25, 0.3) is 26.5 Å². The Bertz CT molecular complexity index is 1170. The number of carbonyl (C=O) groups is 1. The molecule has 5 aromatic rings. The maximum absolute atomic E-state index is 12.4. The van der Waals surface area contributed by atoms with E-state index in [4.69, 9.17) is 4.42 Å². The van der Waals surface area contributed by atoms with E-state index in [1.54, 1.807) is 16.9 Å². The van der Waals surface area contributed by atoms with Gasteiger partial charge in [0.25, 0.3) is 5.91 Å². The lowest BCUT2D eigenvalue weighted by Gasteiger charge is -2.03. The lowest BCUT2D eigenvalue weighted by molar-refractivity contribution is 0.0998. The highest BCUT2D eigenvalue weighted by Gasteiger charge is 2.13. The fraction of sp³-hybridized carbons (Fsp3) is 0. The Morgan fingerprint density at radius 3 is 2.77 bits per heavy atom. The van der Waals surface area contributed by atoms with Crippen LogP contribution in [0.4, 0.5) is 5.69 Å². The lowest BCUT2D eigenvalue weighted by atomic mass is 10.2. The average molecular weight is 361 g/mol. The summed E-state index contributed by atoms with van der Waals surface area (Å²) in [6.07, 6.45) is 1.57. The van der Waals surface area contributed by atoms with Crippen LogP contribution in [0, 0.1) is 0 Å². The van der Waals surface area contributed by atoms with Crippen LogP contribution in [-0.4, -0.2) is 25.7 Å². The van der Waals surface area contributed by atoms with Gasteiger partial charge in [-0.1, -0.05) is 29.5 Å². The van der Waals surface area contributed by atoms with Crippen LogP contribution in [0.5, 0.6) is 0 Å². The maximum Gasteiger partial charge on any atom is 0.291 e. The molecular weight excluding hydrogens is 350 g/mol. The molecule has 0 bridgehead atoms. The fourth-order valence-electron chi connectivity index (χ4n) is 2.66. The van der Waals surface area contributed by atoms with Gasteiger partial charge in [-0.3, -0.25) is 4.79 Å². The van der Waals surface area contributed by atoms with Gasteiger partial charge in [-0.25, -0.2) is 0 Å². The standard InChI is InChI=1S/C18H11N5O2S/c24-16(15-9-12-3-1-2-4-14(12)25-15)20-13-7-5-11(6-8-13)17-22-23-10-19-21-18(23)26-17/h1-10H,(H,20,24). The van der Waals surface area contributed by atoms with E-state index in [9.17, 15) is 4.79 Å². The number of nitrogens with one attached hydrogen (secondary N) is 1. The SMILES string of the molecule is O=C(Nc1ccc(-c2nn3cnnc3s2)cc1)c1cc2ccccc2o1. The van der Waals surface area contributed by atoms with Crippen LogP contribution < -0.4 is 5.32 Å². The number of aromatic nitrogens is 4. The van der Waals surface area contributed by atoms with E-state index in [0.29, 0.717) is 11.3 Å². The van der Waals surface area contributed by atoms with Crippen molar-refractivity contribution < 1.29 is 9.21 Å². The normalized spacial score (nSPS) is 11.2. The zero-order valence-electron chi connectivity index (χ0n) is 13.3. The van der Waals surface area contributed by atoms with Gasteiger partial charge < -0.3 is 9.73 Å². The second kappa shape index (κ2) is 5.78. The van der Waals surface area contributed by atoms with Gasteiger partial charge in [-0.15, -0.1) is 10.2 Å². The number of para-hydroxylation sites is 1. The highest BCUT2D eigenvalue weighted by molar-refractivity contribution is 7.19. The van der Waals surface area contributed by atoms with Crippen molar-refractivity contribution in [2.24, 2.45) is 0 Å². The molecule has 0 fully saturated rings. The molecule has 2 aromatic carbocycles. The minimum absolute atomic E-state index is 0.281. The van der Waals surface area contributed by atoms with Crippen molar-refractivity contribution in [3.05, 3.63) is 66.7 Å². The molecule has 26 heavy (non-hydrogen) atoms. The molecule has 7 nitrogen and oxygen atoms in total. The molecule has 0 aliphatic carbocycles. The molecule has 1 N–H and O–H groups in total. The summed E-state index contributed by atoms with van der Waals surface area (Å²) in [5, 5.41) is 16.8. The zero-order valence-corrected chi connectivity index (χ0v) is 14.1. The Labute approximate surface area is 150 Å². The van der Waals surface area contributed by atoms with Gasteiger partial charge in [-0.05, 0) is 36.4 Å². The van der Waals surface area contributed by atoms with Crippen molar-refractivity contribution in [3.8, 4) is 10.6 Å². The lowest BCUT2D eigenvalue weighted by Crippen LogP contribution is -2.10. The summed E-state index contributed by atoms with van der Waals surface area (Å²) in [6.45, 7) is 0. The number of nitrogens with zero attached hydrogens (tertiary/aromatic N) is 4. The molecule has 3 aromatic heterocycles. The Kier molecular flexibility index (Phi) is 3.29. The van der Waals surface area contributed by atoms with E-state index in [0.717, 1.165) is 20.9 Å². The van der Waals surface area contributed by atoms with Crippen molar-refractivity contribution in [1.29, 1.82) is 0 Å². The second-order valence-corrected chi connectivity index (χ2v) is 6.60. The molecule has 0 spiro atoms. The average Bonchev–Trinajstić information content (AvgIpc) is 3.36. The first-order valence-corrected chi connectivity index (χ1v) is 8.65. The van der Waals surface area contributed by atoms with Crippen molar-refractivity contribution in [2.75, 3.05) is 5.32 Å². The van der Waals surface area contributed by atoms with Gasteiger partial charge >= 0.3 is 0 Å². The van der Waals surface area contributed by atoms with E-state index < -0.39 is 0 Å². The largest absolute Gasteiger partial charge is 0.451 e. The van der Waals surface area contributed by atoms with Gasteiger partial charge in [0.05, 0.1) is 0 Å². The van der Waals surface area contributed by atoms with E-state index in [1.807, 2.05) is 48.5 Å². The quantitative estimate of drug-likeness (QED) is 0.527. The van der Waals surface area contributed by atoms with Crippen molar-refractivity contribution in [1.82, 2.24) is 19.8 Å². The molecule has 0 saturated carbocycles. The van der Waals surface area contributed by atoms with E-state index in [1.165, 1.54) is 11.3 Å². The molecule has 0 aliphatic rings. The van der Waals surface area contributed by atoms with Gasteiger partial charge in [0.15, 0.2) is 5.76 Å². The fourth-order valence-corrected chi connectivity index (χ4v) is 3.48.